The molecule has 0 saturated carbocycles. The molecule has 0 aliphatic rings. The monoisotopic (exact) mass is 274 g/mol. The van der Waals surface area contributed by atoms with Crippen LogP contribution in [0.1, 0.15) is 16.7 Å². The Bertz CT molecular complexity index is 549. The number of nitrogens with two attached hydrogens (primary N) is 1. The van der Waals surface area contributed by atoms with Crippen molar-refractivity contribution in [2.75, 3.05) is 12.8 Å². The summed E-state index contributed by atoms with van der Waals surface area (Å²) in [5, 5.41) is 0.732. The largest absolute Gasteiger partial charge is 0.399 e. The Balaban J connectivity index is 2.01. The summed E-state index contributed by atoms with van der Waals surface area (Å²) >= 11 is 6.19. The maximum absolute atomic E-state index is 6.19. The molecule has 0 amide bonds. The molecule has 0 atom stereocenters. The maximum Gasteiger partial charge on any atom is 0.0471 e. The normalized spacial score (nSPS) is 10.9. The van der Waals surface area contributed by atoms with E-state index in [9.17, 15) is 0 Å². The Morgan fingerprint density at radius 1 is 1.05 bits per heavy atom. The van der Waals surface area contributed by atoms with Crippen LogP contribution < -0.4 is 5.73 Å². The van der Waals surface area contributed by atoms with Crippen LogP contribution >= 0.6 is 11.6 Å². The number of rotatable bonds is 4. The first-order valence-corrected chi connectivity index (χ1v) is 6.70. The second kappa shape index (κ2) is 6.09. The smallest absolute Gasteiger partial charge is 0.0471 e. The van der Waals surface area contributed by atoms with Gasteiger partial charge in [-0.3, -0.25) is 4.90 Å². The molecule has 0 heterocycles. The average molecular weight is 275 g/mol. The fourth-order valence-electron chi connectivity index (χ4n) is 2.04. The molecule has 0 fully saturated rings. The van der Waals surface area contributed by atoms with Crippen LogP contribution in [0.5, 0.6) is 0 Å². The summed E-state index contributed by atoms with van der Waals surface area (Å²) in [5.74, 6) is 0. The van der Waals surface area contributed by atoms with Crippen molar-refractivity contribution in [2.45, 2.75) is 20.0 Å². The van der Waals surface area contributed by atoms with Crippen molar-refractivity contribution in [3.05, 3.63) is 64.2 Å². The second-order valence-electron chi connectivity index (χ2n) is 5.01. The van der Waals surface area contributed by atoms with Gasteiger partial charge < -0.3 is 5.73 Å². The minimum Gasteiger partial charge on any atom is -0.399 e. The van der Waals surface area contributed by atoms with Gasteiger partial charge in [0.15, 0.2) is 0 Å². The summed E-state index contributed by atoms with van der Waals surface area (Å²) in [6.07, 6.45) is 0. The Morgan fingerprint density at radius 3 is 2.37 bits per heavy atom. The van der Waals surface area contributed by atoms with Crippen molar-refractivity contribution in [2.24, 2.45) is 0 Å². The molecule has 0 bridgehead atoms. The summed E-state index contributed by atoms with van der Waals surface area (Å²) in [5.41, 5.74) is 10.1. The number of aryl methyl sites for hydroxylation is 1. The SMILES string of the molecule is Cc1ccc(CN(C)Cc2ccc(N)cc2Cl)cc1. The Kier molecular flexibility index (Phi) is 4.46. The molecule has 100 valence electrons. The van der Waals surface area contributed by atoms with Crippen LogP contribution in [-0.4, -0.2) is 11.9 Å². The van der Waals surface area contributed by atoms with E-state index in [0.717, 1.165) is 23.7 Å². The lowest BCUT2D eigenvalue weighted by atomic mass is 10.1. The third kappa shape index (κ3) is 3.98. The molecule has 0 aliphatic heterocycles. The highest BCUT2D eigenvalue weighted by molar-refractivity contribution is 6.31. The van der Waals surface area contributed by atoms with E-state index in [2.05, 4.69) is 43.1 Å². The van der Waals surface area contributed by atoms with Crippen molar-refractivity contribution in [1.82, 2.24) is 4.90 Å². The highest BCUT2D eigenvalue weighted by Gasteiger charge is 2.05. The van der Waals surface area contributed by atoms with Crippen LogP contribution in [0.2, 0.25) is 5.02 Å². The van der Waals surface area contributed by atoms with Crippen molar-refractivity contribution in [3.8, 4) is 0 Å². The van der Waals surface area contributed by atoms with Gasteiger partial charge in [0.25, 0.3) is 0 Å². The standard InChI is InChI=1S/C16H19ClN2/c1-12-3-5-13(6-4-12)10-19(2)11-14-7-8-15(18)9-16(14)17/h3-9H,10-11,18H2,1-2H3. The van der Waals surface area contributed by atoms with Gasteiger partial charge in [0.2, 0.25) is 0 Å². The Labute approximate surface area is 119 Å². The molecule has 0 unspecified atom stereocenters. The molecule has 3 heteroatoms. The molecule has 19 heavy (non-hydrogen) atoms. The maximum atomic E-state index is 6.19. The van der Waals surface area contributed by atoms with E-state index in [4.69, 9.17) is 17.3 Å². The lowest BCUT2D eigenvalue weighted by Crippen LogP contribution is -2.17. The molecule has 2 rings (SSSR count). The van der Waals surface area contributed by atoms with Crippen LogP contribution in [0, 0.1) is 6.92 Å². The topological polar surface area (TPSA) is 29.3 Å². The third-order valence-electron chi connectivity index (χ3n) is 3.09. The van der Waals surface area contributed by atoms with Gasteiger partial charge in [0.05, 0.1) is 0 Å². The zero-order valence-corrected chi connectivity index (χ0v) is 12.1. The second-order valence-corrected chi connectivity index (χ2v) is 5.42. The summed E-state index contributed by atoms with van der Waals surface area (Å²) in [6, 6.07) is 14.3. The first kappa shape index (κ1) is 13.9. The van der Waals surface area contributed by atoms with Gasteiger partial charge in [-0.2, -0.15) is 0 Å². The first-order chi connectivity index (χ1) is 9.04. The highest BCUT2D eigenvalue weighted by Crippen LogP contribution is 2.21. The molecule has 0 spiro atoms. The van der Waals surface area contributed by atoms with Crippen LogP contribution in [0.25, 0.3) is 0 Å². The molecule has 0 radical (unpaired) electrons. The zero-order valence-electron chi connectivity index (χ0n) is 11.4. The summed E-state index contributed by atoms with van der Waals surface area (Å²) in [7, 11) is 2.09. The predicted octanol–water partition coefficient (Wildman–Crippen LogP) is 3.86. The zero-order chi connectivity index (χ0) is 13.8. The molecular formula is C16H19ClN2. The van der Waals surface area contributed by atoms with E-state index in [-0.39, 0.29) is 0 Å². The van der Waals surface area contributed by atoms with E-state index in [1.807, 2.05) is 12.1 Å². The number of anilines is 1. The quantitative estimate of drug-likeness (QED) is 0.858. The van der Waals surface area contributed by atoms with E-state index < -0.39 is 0 Å². The molecule has 2 N–H and O–H groups in total. The first-order valence-electron chi connectivity index (χ1n) is 6.32. The molecule has 0 aliphatic carbocycles. The predicted molar refractivity (Wildman–Crippen MR) is 82.2 cm³/mol. The van der Waals surface area contributed by atoms with Gasteiger partial charge in [-0.05, 0) is 37.2 Å². The van der Waals surface area contributed by atoms with E-state index in [1.165, 1.54) is 11.1 Å². The van der Waals surface area contributed by atoms with Gasteiger partial charge in [-0.1, -0.05) is 47.5 Å². The Morgan fingerprint density at radius 2 is 1.74 bits per heavy atom. The lowest BCUT2D eigenvalue weighted by molar-refractivity contribution is 0.319. The number of hydrogen-bond donors (Lipinski definition) is 1. The summed E-state index contributed by atoms with van der Waals surface area (Å²) in [6.45, 7) is 3.82. The van der Waals surface area contributed by atoms with Crippen molar-refractivity contribution in [3.63, 3.8) is 0 Å². The van der Waals surface area contributed by atoms with Crippen LogP contribution in [0.4, 0.5) is 5.69 Å². The molecule has 2 nitrogen and oxygen atoms in total. The number of benzene rings is 2. The molecule has 2 aromatic carbocycles. The van der Waals surface area contributed by atoms with Crippen LogP contribution in [0.3, 0.4) is 0 Å². The number of halogens is 1. The minimum atomic E-state index is 0.704. The summed E-state index contributed by atoms with van der Waals surface area (Å²) < 4.78 is 0. The van der Waals surface area contributed by atoms with Crippen LogP contribution in [-0.2, 0) is 13.1 Å². The third-order valence-corrected chi connectivity index (χ3v) is 3.44. The minimum absolute atomic E-state index is 0.704. The Hall–Kier alpha value is -1.51. The van der Waals surface area contributed by atoms with Crippen molar-refractivity contribution < 1.29 is 0 Å². The van der Waals surface area contributed by atoms with Gasteiger partial charge in [-0.25, -0.2) is 0 Å². The van der Waals surface area contributed by atoms with Crippen molar-refractivity contribution in [1.29, 1.82) is 0 Å². The van der Waals surface area contributed by atoms with Crippen LogP contribution in [0.15, 0.2) is 42.5 Å². The average Bonchev–Trinajstić information content (AvgIpc) is 2.36. The number of hydrogen-bond acceptors (Lipinski definition) is 2. The lowest BCUT2D eigenvalue weighted by Gasteiger charge is -2.18. The van der Waals surface area contributed by atoms with Crippen molar-refractivity contribution >= 4 is 17.3 Å². The van der Waals surface area contributed by atoms with Gasteiger partial charge >= 0.3 is 0 Å². The number of nitrogen functional groups attached to an aromatic ring is 1. The summed E-state index contributed by atoms with van der Waals surface area (Å²) in [4.78, 5) is 2.24. The fraction of sp³-hybridized carbons (Fsp3) is 0.250. The fourth-order valence-corrected chi connectivity index (χ4v) is 2.29. The van der Waals surface area contributed by atoms with Gasteiger partial charge in [0.1, 0.15) is 0 Å². The van der Waals surface area contributed by atoms with E-state index in [1.54, 1.807) is 6.07 Å². The number of nitrogens with zero attached hydrogens (tertiary/aromatic N) is 1. The molecule has 0 aromatic heterocycles. The highest BCUT2D eigenvalue weighted by atomic mass is 35.5. The molecule has 0 saturated heterocycles. The molecule has 2 aromatic rings. The van der Waals surface area contributed by atoms with E-state index in [0.29, 0.717) is 5.69 Å². The van der Waals surface area contributed by atoms with Gasteiger partial charge in [0, 0.05) is 23.8 Å². The van der Waals surface area contributed by atoms with E-state index >= 15 is 0 Å². The van der Waals surface area contributed by atoms with Gasteiger partial charge in [-0.15, -0.1) is 0 Å². The molecular weight excluding hydrogens is 256 g/mol.